The molecule has 0 aromatic heterocycles. The average Bonchev–Trinajstić information content (AvgIpc) is 2.61. The summed E-state index contributed by atoms with van der Waals surface area (Å²) in [5, 5.41) is 3.34. The number of halogens is 1. The van der Waals surface area contributed by atoms with Gasteiger partial charge in [0, 0.05) is 22.8 Å². The van der Waals surface area contributed by atoms with Gasteiger partial charge in [0.25, 0.3) is 5.91 Å². The molecule has 0 aliphatic rings. The van der Waals surface area contributed by atoms with Crippen LogP contribution >= 0.6 is 11.6 Å². The van der Waals surface area contributed by atoms with Crippen LogP contribution in [0.4, 0.5) is 5.69 Å². The van der Waals surface area contributed by atoms with Crippen LogP contribution in [-0.4, -0.2) is 20.9 Å². The molecule has 0 radical (unpaired) electrons. The van der Waals surface area contributed by atoms with Gasteiger partial charge in [-0.25, -0.2) is 13.1 Å². The van der Waals surface area contributed by atoms with Crippen LogP contribution in [0.15, 0.2) is 47.4 Å². The maximum absolute atomic E-state index is 12.3. The van der Waals surface area contributed by atoms with Gasteiger partial charge in [0.05, 0.1) is 4.90 Å². The molecular formula is C19H23ClN2O3S. The Kier molecular flexibility index (Phi) is 7.20. The highest BCUT2D eigenvalue weighted by Gasteiger charge is 2.15. The molecule has 2 rings (SSSR count). The molecule has 0 unspecified atom stereocenters. The fraction of sp³-hybridized carbons (Fsp3) is 0.316. The van der Waals surface area contributed by atoms with Gasteiger partial charge in [-0.15, -0.1) is 0 Å². The molecule has 0 fully saturated rings. The largest absolute Gasteiger partial charge is 0.322 e. The summed E-state index contributed by atoms with van der Waals surface area (Å²) >= 11 is 5.82. The standard InChI is InChI=1S/C19H23ClN2O3S/c1-3-4-5-12-21-26(24,25)17-10-11-18(14(2)13-17)22-19(23)15-6-8-16(20)9-7-15/h6-11,13,21H,3-5,12H2,1-2H3,(H,22,23). The number of anilines is 1. The lowest BCUT2D eigenvalue weighted by Gasteiger charge is -2.11. The second-order valence-corrected chi connectivity index (χ2v) is 8.25. The lowest BCUT2D eigenvalue weighted by molar-refractivity contribution is 0.102. The highest BCUT2D eigenvalue weighted by atomic mass is 35.5. The van der Waals surface area contributed by atoms with E-state index >= 15 is 0 Å². The fourth-order valence-electron chi connectivity index (χ4n) is 2.40. The number of rotatable bonds is 8. The number of hydrogen-bond acceptors (Lipinski definition) is 3. The van der Waals surface area contributed by atoms with E-state index < -0.39 is 10.0 Å². The number of carbonyl (C=O) groups is 1. The Morgan fingerprint density at radius 3 is 2.38 bits per heavy atom. The summed E-state index contributed by atoms with van der Waals surface area (Å²) < 4.78 is 27.2. The maximum Gasteiger partial charge on any atom is 0.255 e. The molecule has 0 spiro atoms. The van der Waals surface area contributed by atoms with E-state index in [1.165, 1.54) is 6.07 Å². The van der Waals surface area contributed by atoms with Crippen LogP contribution in [0, 0.1) is 6.92 Å². The van der Waals surface area contributed by atoms with Gasteiger partial charge in [0.2, 0.25) is 10.0 Å². The molecule has 2 N–H and O–H groups in total. The maximum atomic E-state index is 12.3. The van der Waals surface area contributed by atoms with Crippen molar-refractivity contribution < 1.29 is 13.2 Å². The third kappa shape index (κ3) is 5.56. The summed E-state index contributed by atoms with van der Waals surface area (Å²) in [6, 6.07) is 11.2. The molecular weight excluding hydrogens is 372 g/mol. The molecule has 2 aromatic carbocycles. The normalized spacial score (nSPS) is 11.3. The molecule has 0 saturated carbocycles. The second kappa shape index (κ2) is 9.16. The predicted octanol–water partition coefficient (Wildman–Crippen LogP) is 4.37. The number of benzene rings is 2. The third-order valence-corrected chi connectivity index (χ3v) is 5.65. The van der Waals surface area contributed by atoms with Gasteiger partial charge < -0.3 is 5.32 Å². The molecule has 5 nitrogen and oxygen atoms in total. The first kappa shape index (κ1) is 20.4. The number of sulfonamides is 1. The van der Waals surface area contributed by atoms with Crippen molar-refractivity contribution in [3.8, 4) is 0 Å². The van der Waals surface area contributed by atoms with E-state index in [2.05, 4.69) is 17.0 Å². The number of carbonyl (C=O) groups excluding carboxylic acids is 1. The summed E-state index contributed by atoms with van der Waals surface area (Å²) in [5.74, 6) is -0.280. The summed E-state index contributed by atoms with van der Waals surface area (Å²) in [4.78, 5) is 12.5. The molecule has 7 heteroatoms. The quantitative estimate of drug-likeness (QED) is 0.653. The van der Waals surface area contributed by atoms with E-state index in [9.17, 15) is 13.2 Å². The van der Waals surface area contributed by atoms with Crippen molar-refractivity contribution in [3.05, 3.63) is 58.6 Å². The van der Waals surface area contributed by atoms with Crippen LogP contribution in [0.25, 0.3) is 0 Å². The smallest absolute Gasteiger partial charge is 0.255 e. The van der Waals surface area contributed by atoms with Crippen molar-refractivity contribution in [3.63, 3.8) is 0 Å². The predicted molar refractivity (Wildman–Crippen MR) is 105 cm³/mol. The number of hydrogen-bond donors (Lipinski definition) is 2. The first-order valence-corrected chi connectivity index (χ1v) is 10.4. The molecule has 0 saturated heterocycles. The molecule has 0 heterocycles. The summed E-state index contributed by atoms with van der Waals surface area (Å²) in [7, 11) is -3.54. The SMILES string of the molecule is CCCCCNS(=O)(=O)c1ccc(NC(=O)c2ccc(Cl)cc2)c(C)c1. The van der Waals surface area contributed by atoms with Gasteiger partial charge in [-0.1, -0.05) is 31.4 Å². The van der Waals surface area contributed by atoms with Gasteiger partial charge in [-0.2, -0.15) is 0 Å². The Morgan fingerprint density at radius 2 is 1.77 bits per heavy atom. The minimum atomic E-state index is -3.54. The van der Waals surface area contributed by atoms with Gasteiger partial charge in [0.1, 0.15) is 0 Å². The van der Waals surface area contributed by atoms with E-state index in [1.807, 2.05) is 0 Å². The monoisotopic (exact) mass is 394 g/mol. The zero-order chi connectivity index (χ0) is 19.2. The first-order valence-electron chi connectivity index (χ1n) is 8.50. The number of amides is 1. The molecule has 0 aliphatic heterocycles. The van der Waals surface area contributed by atoms with Crippen molar-refractivity contribution in [1.82, 2.24) is 4.72 Å². The minimum absolute atomic E-state index is 0.191. The molecule has 0 aliphatic carbocycles. The average molecular weight is 395 g/mol. The van der Waals surface area contributed by atoms with E-state index in [-0.39, 0.29) is 10.8 Å². The Bertz CT molecular complexity index is 865. The van der Waals surface area contributed by atoms with Crippen molar-refractivity contribution in [2.24, 2.45) is 0 Å². The topological polar surface area (TPSA) is 75.3 Å². The Labute approximate surface area is 159 Å². The van der Waals surface area contributed by atoms with Gasteiger partial charge in [0.15, 0.2) is 0 Å². The third-order valence-electron chi connectivity index (χ3n) is 3.94. The van der Waals surface area contributed by atoms with Crippen LogP contribution in [0.1, 0.15) is 42.1 Å². The van der Waals surface area contributed by atoms with E-state index in [0.29, 0.717) is 28.4 Å². The number of nitrogens with one attached hydrogen (secondary N) is 2. The lowest BCUT2D eigenvalue weighted by atomic mass is 10.1. The van der Waals surface area contributed by atoms with Crippen LogP contribution in [0.5, 0.6) is 0 Å². The molecule has 0 atom stereocenters. The van der Waals surface area contributed by atoms with E-state index in [1.54, 1.807) is 43.3 Å². The first-order chi connectivity index (χ1) is 12.3. The van der Waals surface area contributed by atoms with Gasteiger partial charge in [-0.3, -0.25) is 4.79 Å². The summed E-state index contributed by atoms with van der Waals surface area (Å²) in [6.07, 6.45) is 2.82. The highest BCUT2D eigenvalue weighted by molar-refractivity contribution is 7.89. The van der Waals surface area contributed by atoms with Gasteiger partial charge in [-0.05, 0) is 61.4 Å². The van der Waals surface area contributed by atoms with Crippen molar-refractivity contribution in [2.75, 3.05) is 11.9 Å². The van der Waals surface area contributed by atoms with E-state index in [4.69, 9.17) is 11.6 Å². The Hall–Kier alpha value is -1.89. The Morgan fingerprint density at radius 1 is 1.08 bits per heavy atom. The van der Waals surface area contributed by atoms with Crippen LogP contribution < -0.4 is 10.0 Å². The summed E-state index contributed by atoms with van der Waals surface area (Å²) in [5.41, 5.74) is 1.71. The lowest BCUT2D eigenvalue weighted by Crippen LogP contribution is -2.25. The fourth-order valence-corrected chi connectivity index (χ4v) is 3.69. The van der Waals surface area contributed by atoms with Gasteiger partial charge >= 0.3 is 0 Å². The zero-order valence-electron chi connectivity index (χ0n) is 14.9. The van der Waals surface area contributed by atoms with E-state index in [0.717, 1.165) is 19.3 Å². The Balaban J connectivity index is 2.09. The molecule has 1 amide bonds. The summed E-state index contributed by atoms with van der Waals surface area (Å²) in [6.45, 7) is 4.24. The van der Waals surface area contributed by atoms with Crippen molar-refractivity contribution in [1.29, 1.82) is 0 Å². The molecule has 26 heavy (non-hydrogen) atoms. The van der Waals surface area contributed by atoms with Crippen LogP contribution in [0.2, 0.25) is 5.02 Å². The minimum Gasteiger partial charge on any atom is -0.322 e. The van der Waals surface area contributed by atoms with Crippen LogP contribution in [-0.2, 0) is 10.0 Å². The van der Waals surface area contributed by atoms with Crippen molar-refractivity contribution >= 4 is 33.2 Å². The highest BCUT2D eigenvalue weighted by Crippen LogP contribution is 2.21. The number of aryl methyl sites for hydroxylation is 1. The number of unbranched alkanes of at least 4 members (excludes halogenated alkanes) is 2. The second-order valence-electron chi connectivity index (χ2n) is 6.04. The van der Waals surface area contributed by atoms with Crippen LogP contribution in [0.3, 0.4) is 0 Å². The van der Waals surface area contributed by atoms with Crippen molar-refractivity contribution in [2.45, 2.75) is 38.0 Å². The molecule has 0 bridgehead atoms. The molecule has 2 aromatic rings. The molecule has 140 valence electrons. The zero-order valence-corrected chi connectivity index (χ0v) is 16.5.